The number of carbonyl (C=O) groups is 1. The van der Waals surface area contributed by atoms with Crippen LogP contribution < -0.4 is 20.3 Å². The Bertz CT molecular complexity index is 1100. The Morgan fingerprint density at radius 2 is 1.97 bits per heavy atom. The fraction of sp³-hybridized carbons (Fsp3) is 0.0952. The summed E-state index contributed by atoms with van der Waals surface area (Å²) in [7, 11) is 3.11. The van der Waals surface area contributed by atoms with Gasteiger partial charge in [-0.1, -0.05) is 12.1 Å². The molecule has 2 aromatic carbocycles. The van der Waals surface area contributed by atoms with Crippen LogP contribution in [0.15, 0.2) is 63.9 Å². The Balaban J connectivity index is 1.74. The molecule has 0 fully saturated rings. The summed E-state index contributed by atoms with van der Waals surface area (Å²) in [6, 6.07) is 13.8. The van der Waals surface area contributed by atoms with Crippen LogP contribution in [-0.2, 0) is 4.79 Å². The first-order chi connectivity index (χ1) is 14.0. The van der Waals surface area contributed by atoms with Gasteiger partial charge >= 0.3 is 0 Å². The lowest BCUT2D eigenvalue weighted by atomic mass is 10.1. The molecule has 0 aliphatic carbocycles. The van der Waals surface area contributed by atoms with Crippen molar-refractivity contribution in [3.8, 4) is 22.8 Å². The SMILES string of the molecule is COc1cc(/C=C/C(=O)Nc2cccc(-c3ccc(=O)[nH]n3)c2)cc(Br)c1OC. The van der Waals surface area contributed by atoms with Gasteiger partial charge in [0.1, 0.15) is 0 Å². The minimum absolute atomic E-state index is 0.273. The molecule has 1 aromatic heterocycles. The van der Waals surface area contributed by atoms with Crippen molar-refractivity contribution in [3.05, 3.63) is 75.0 Å². The third kappa shape index (κ3) is 5.11. The molecule has 1 amide bonds. The van der Waals surface area contributed by atoms with Crippen molar-refractivity contribution >= 4 is 33.6 Å². The summed E-state index contributed by atoms with van der Waals surface area (Å²) in [5.74, 6) is 0.854. The minimum atomic E-state index is -0.289. The van der Waals surface area contributed by atoms with Crippen molar-refractivity contribution in [1.29, 1.82) is 0 Å². The fourth-order valence-corrected chi connectivity index (χ4v) is 3.27. The Hall–Kier alpha value is -3.39. The molecule has 0 atom stereocenters. The summed E-state index contributed by atoms with van der Waals surface area (Å²) in [5.41, 5.74) is 2.48. The molecule has 29 heavy (non-hydrogen) atoms. The topological polar surface area (TPSA) is 93.3 Å². The number of aromatic amines is 1. The lowest BCUT2D eigenvalue weighted by molar-refractivity contribution is -0.111. The monoisotopic (exact) mass is 455 g/mol. The quantitative estimate of drug-likeness (QED) is 0.550. The van der Waals surface area contributed by atoms with Gasteiger partial charge in [-0.05, 0) is 57.9 Å². The van der Waals surface area contributed by atoms with Crippen LogP contribution in [0.1, 0.15) is 5.56 Å². The van der Waals surface area contributed by atoms with E-state index in [0.717, 1.165) is 15.6 Å². The van der Waals surface area contributed by atoms with Gasteiger partial charge in [-0.15, -0.1) is 0 Å². The minimum Gasteiger partial charge on any atom is -0.493 e. The molecule has 0 saturated carbocycles. The van der Waals surface area contributed by atoms with Crippen molar-refractivity contribution in [3.63, 3.8) is 0 Å². The summed E-state index contributed by atoms with van der Waals surface area (Å²) >= 11 is 3.43. The molecule has 148 valence electrons. The maximum atomic E-state index is 12.3. The van der Waals surface area contributed by atoms with Gasteiger partial charge in [0, 0.05) is 23.4 Å². The van der Waals surface area contributed by atoms with Crippen molar-refractivity contribution in [2.24, 2.45) is 0 Å². The molecule has 3 aromatic rings. The number of hydrogen-bond donors (Lipinski definition) is 2. The van der Waals surface area contributed by atoms with E-state index in [4.69, 9.17) is 9.47 Å². The number of amides is 1. The number of ether oxygens (including phenoxy) is 2. The van der Waals surface area contributed by atoms with E-state index in [1.165, 1.54) is 12.1 Å². The molecule has 0 unspecified atom stereocenters. The van der Waals surface area contributed by atoms with Crippen LogP contribution in [0.25, 0.3) is 17.3 Å². The number of anilines is 1. The molecule has 3 rings (SSSR count). The number of methoxy groups -OCH3 is 2. The molecule has 0 bridgehead atoms. The first kappa shape index (κ1) is 20.3. The smallest absolute Gasteiger partial charge is 0.264 e. The lowest BCUT2D eigenvalue weighted by Gasteiger charge is -2.10. The Labute approximate surface area is 175 Å². The largest absolute Gasteiger partial charge is 0.493 e. The highest BCUT2D eigenvalue weighted by Gasteiger charge is 2.09. The number of aromatic nitrogens is 2. The summed E-state index contributed by atoms with van der Waals surface area (Å²) in [5, 5.41) is 9.19. The number of rotatable bonds is 6. The van der Waals surface area contributed by atoms with E-state index < -0.39 is 0 Å². The van der Waals surface area contributed by atoms with E-state index in [9.17, 15) is 9.59 Å². The molecule has 1 heterocycles. The van der Waals surface area contributed by atoms with E-state index in [0.29, 0.717) is 22.9 Å². The highest BCUT2D eigenvalue weighted by atomic mass is 79.9. The summed E-state index contributed by atoms with van der Waals surface area (Å²) in [6.07, 6.45) is 3.11. The molecule has 0 saturated heterocycles. The number of halogens is 1. The predicted molar refractivity (Wildman–Crippen MR) is 115 cm³/mol. The maximum Gasteiger partial charge on any atom is 0.264 e. The van der Waals surface area contributed by atoms with Crippen molar-refractivity contribution in [2.45, 2.75) is 0 Å². The number of carbonyl (C=O) groups excluding carboxylic acids is 1. The van der Waals surface area contributed by atoms with Crippen LogP contribution >= 0.6 is 15.9 Å². The van der Waals surface area contributed by atoms with Gasteiger partial charge in [0.05, 0.1) is 24.4 Å². The van der Waals surface area contributed by atoms with Crippen LogP contribution in [0.3, 0.4) is 0 Å². The second-order valence-corrected chi connectivity index (χ2v) is 6.80. The van der Waals surface area contributed by atoms with Crippen molar-refractivity contribution in [2.75, 3.05) is 19.5 Å². The van der Waals surface area contributed by atoms with Crippen molar-refractivity contribution < 1.29 is 14.3 Å². The first-order valence-electron chi connectivity index (χ1n) is 8.57. The van der Waals surface area contributed by atoms with Crippen LogP contribution in [-0.4, -0.2) is 30.3 Å². The van der Waals surface area contributed by atoms with Gasteiger partial charge in [0.2, 0.25) is 5.91 Å². The normalized spacial score (nSPS) is 10.7. The van der Waals surface area contributed by atoms with Gasteiger partial charge < -0.3 is 14.8 Å². The zero-order chi connectivity index (χ0) is 20.8. The maximum absolute atomic E-state index is 12.3. The van der Waals surface area contributed by atoms with Gasteiger partial charge in [-0.25, -0.2) is 5.10 Å². The lowest BCUT2D eigenvalue weighted by Crippen LogP contribution is -2.08. The van der Waals surface area contributed by atoms with E-state index in [-0.39, 0.29) is 11.5 Å². The zero-order valence-electron chi connectivity index (χ0n) is 15.7. The molecule has 2 N–H and O–H groups in total. The number of benzene rings is 2. The molecule has 8 heteroatoms. The van der Waals surface area contributed by atoms with Gasteiger partial charge in [-0.3, -0.25) is 9.59 Å². The number of H-pyrrole nitrogens is 1. The molecule has 0 radical (unpaired) electrons. The van der Waals surface area contributed by atoms with Crippen LogP contribution in [0, 0.1) is 0 Å². The van der Waals surface area contributed by atoms with E-state index >= 15 is 0 Å². The molecule has 0 aliphatic rings. The summed E-state index contributed by atoms with van der Waals surface area (Å²) in [4.78, 5) is 23.5. The van der Waals surface area contributed by atoms with Gasteiger partial charge in [0.15, 0.2) is 11.5 Å². The summed E-state index contributed by atoms with van der Waals surface area (Å²) in [6.45, 7) is 0. The Morgan fingerprint density at radius 1 is 1.14 bits per heavy atom. The second kappa shape index (κ2) is 9.20. The van der Waals surface area contributed by atoms with E-state index in [1.807, 2.05) is 12.1 Å². The molecule has 0 aliphatic heterocycles. The summed E-state index contributed by atoms with van der Waals surface area (Å²) < 4.78 is 11.3. The van der Waals surface area contributed by atoms with Gasteiger partial charge in [-0.2, -0.15) is 5.10 Å². The second-order valence-electron chi connectivity index (χ2n) is 5.95. The average molecular weight is 456 g/mol. The Kier molecular flexibility index (Phi) is 6.46. The van der Waals surface area contributed by atoms with Crippen LogP contribution in [0.2, 0.25) is 0 Å². The highest BCUT2D eigenvalue weighted by Crippen LogP contribution is 2.36. The molecular formula is C21H18BrN3O4. The van der Waals surface area contributed by atoms with E-state index in [2.05, 4.69) is 31.4 Å². The molecule has 0 spiro atoms. The number of hydrogen-bond acceptors (Lipinski definition) is 5. The molecule has 7 nitrogen and oxygen atoms in total. The Morgan fingerprint density at radius 3 is 2.66 bits per heavy atom. The number of nitrogens with one attached hydrogen (secondary N) is 2. The van der Waals surface area contributed by atoms with Gasteiger partial charge in [0.25, 0.3) is 5.56 Å². The zero-order valence-corrected chi connectivity index (χ0v) is 17.3. The third-order valence-electron chi connectivity index (χ3n) is 3.99. The third-order valence-corrected chi connectivity index (χ3v) is 4.58. The first-order valence-corrected chi connectivity index (χ1v) is 9.36. The van der Waals surface area contributed by atoms with Crippen LogP contribution in [0.5, 0.6) is 11.5 Å². The molecular weight excluding hydrogens is 438 g/mol. The standard InChI is InChI=1S/C21H18BrN3O4/c1-28-18-11-13(10-16(22)21(18)29-2)6-8-19(26)23-15-5-3-4-14(12-15)17-7-9-20(27)25-24-17/h3-12H,1-2H3,(H,23,26)(H,25,27)/b8-6+. The van der Waals surface area contributed by atoms with E-state index in [1.54, 1.807) is 50.6 Å². The highest BCUT2D eigenvalue weighted by molar-refractivity contribution is 9.10. The number of nitrogens with zero attached hydrogens (tertiary/aromatic N) is 1. The van der Waals surface area contributed by atoms with Crippen LogP contribution in [0.4, 0.5) is 5.69 Å². The fourth-order valence-electron chi connectivity index (χ4n) is 2.65. The predicted octanol–water partition coefficient (Wildman–Crippen LogP) is 3.87. The van der Waals surface area contributed by atoms with Crippen molar-refractivity contribution in [1.82, 2.24) is 10.2 Å². The average Bonchev–Trinajstić information content (AvgIpc) is 2.72.